The van der Waals surface area contributed by atoms with E-state index in [0.29, 0.717) is 0 Å². The summed E-state index contributed by atoms with van der Waals surface area (Å²) < 4.78 is 27.2. The SMILES string of the molecule is CN(C)/C=N\C1C=CN([C@@H]2O[C@H](CO)[C@H]3OS(=O)O[C@H]32)C(=O)N1. The van der Waals surface area contributed by atoms with Crippen LogP contribution in [0.3, 0.4) is 0 Å². The van der Waals surface area contributed by atoms with Crippen LogP contribution in [0, 0.1) is 0 Å². The molecule has 6 atom stereocenters. The average molecular weight is 346 g/mol. The van der Waals surface area contributed by atoms with Crippen LogP contribution in [0.15, 0.2) is 17.3 Å². The van der Waals surface area contributed by atoms with Gasteiger partial charge in [0.1, 0.15) is 18.4 Å². The zero-order valence-corrected chi connectivity index (χ0v) is 13.4. The van der Waals surface area contributed by atoms with Crippen molar-refractivity contribution in [3.05, 3.63) is 12.3 Å². The highest BCUT2D eigenvalue weighted by Gasteiger charge is 2.55. The Labute approximate surface area is 135 Å². The zero-order valence-electron chi connectivity index (χ0n) is 12.6. The Kier molecular flexibility index (Phi) is 4.64. The molecule has 23 heavy (non-hydrogen) atoms. The summed E-state index contributed by atoms with van der Waals surface area (Å²) in [6, 6.07) is -0.433. The molecule has 2 N–H and O–H groups in total. The lowest BCUT2D eigenvalue weighted by molar-refractivity contribution is -0.0664. The molecule has 3 aliphatic rings. The second kappa shape index (κ2) is 6.53. The molecule has 0 aromatic carbocycles. The Morgan fingerprint density at radius 3 is 2.87 bits per heavy atom. The Morgan fingerprint density at radius 2 is 2.22 bits per heavy atom. The Morgan fingerprint density at radius 1 is 1.48 bits per heavy atom. The lowest BCUT2D eigenvalue weighted by Crippen LogP contribution is -2.52. The molecular weight excluding hydrogens is 328 g/mol. The molecular formula is C12H18N4O6S. The number of carbonyl (C=O) groups excluding carboxylic acids is 1. The van der Waals surface area contributed by atoms with E-state index in [1.807, 2.05) is 14.1 Å². The van der Waals surface area contributed by atoms with Gasteiger partial charge in [-0.3, -0.25) is 13.3 Å². The minimum absolute atomic E-state index is 0.326. The van der Waals surface area contributed by atoms with Crippen molar-refractivity contribution in [3.8, 4) is 0 Å². The van der Waals surface area contributed by atoms with Crippen LogP contribution in [0.5, 0.6) is 0 Å². The van der Waals surface area contributed by atoms with E-state index in [4.69, 9.17) is 13.1 Å². The van der Waals surface area contributed by atoms with Crippen molar-refractivity contribution >= 4 is 23.7 Å². The van der Waals surface area contributed by atoms with E-state index in [1.54, 1.807) is 17.3 Å². The highest BCUT2D eigenvalue weighted by atomic mass is 32.2. The van der Waals surface area contributed by atoms with Gasteiger partial charge in [-0.1, -0.05) is 0 Å². The number of urea groups is 1. The Bertz CT molecular complexity index is 556. The third-order valence-corrected chi connectivity index (χ3v) is 4.27. The van der Waals surface area contributed by atoms with Gasteiger partial charge >= 0.3 is 17.4 Å². The van der Waals surface area contributed by atoms with Crippen molar-refractivity contribution in [1.29, 1.82) is 0 Å². The van der Waals surface area contributed by atoms with E-state index in [0.717, 1.165) is 0 Å². The molecule has 0 bridgehead atoms. The number of hydrogen-bond donors (Lipinski definition) is 2. The predicted octanol–water partition coefficient (Wildman–Crippen LogP) is -1.48. The van der Waals surface area contributed by atoms with Gasteiger partial charge < -0.3 is 20.1 Å². The summed E-state index contributed by atoms with van der Waals surface area (Å²) in [7, 11) is 3.65. The molecule has 2 amide bonds. The molecule has 11 heteroatoms. The van der Waals surface area contributed by atoms with E-state index in [-0.39, 0.29) is 6.61 Å². The molecule has 3 aliphatic heterocycles. The molecule has 0 aliphatic carbocycles. The van der Waals surface area contributed by atoms with Gasteiger partial charge in [-0.05, 0) is 6.08 Å². The fourth-order valence-electron chi connectivity index (χ4n) is 2.49. The van der Waals surface area contributed by atoms with Crippen LogP contribution in [0.2, 0.25) is 0 Å². The van der Waals surface area contributed by atoms with E-state index in [9.17, 15) is 14.1 Å². The molecule has 2 fully saturated rings. The van der Waals surface area contributed by atoms with Crippen LogP contribution < -0.4 is 5.32 Å². The lowest BCUT2D eigenvalue weighted by Gasteiger charge is -2.31. The second-order valence-electron chi connectivity index (χ2n) is 5.44. The van der Waals surface area contributed by atoms with Crippen LogP contribution >= 0.6 is 0 Å². The van der Waals surface area contributed by atoms with Gasteiger partial charge in [-0.15, -0.1) is 0 Å². The summed E-state index contributed by atoms with van der Waals surface area (Å²) in [4.78, 5) is 19.5. The van der Waals surface area contributed by atoms with Crippen molar-refractivity contribution in [2.75, 3.05) is 20.7 Å². The maximum atomic E-state index is 12.3. The summed E-state index contributed by atoms with van der Waals surface area (Å²) in [6.07, 6.45) is 1.36. The van der Waals surface area contributed by atoms with Gasteiger partial charge in [-0.2, -0.15) is 4.21 Å². The fourth-order valence-corrected chi connectivity index (χ4v) is 3.33. The monoisotopic (exact) mass is 346 g/mol. The van der Waals surface area contributed by atoms with Gasteiger partial charge in [0.25, 0.3) is 0 Å². The molecule has 128 valence electrons. The number of aliphatic imine (C=N–C) groups is 1. The molecule has 2 unspecified atom stereocenters. The number of aliphatic hydroxyl groups excluding tert-OH is 1. The summed E-state index contributed by atoms with van der Waals surface area (Å²) >= 11 is -1.91. The van der Waals surface area contributed by atoms with Crippen molar-refractivity contribution in [2.24, 2.45) is 4.99 Å². The van der Waals surface area contributed by atoms with Crippen LogP contribution in [0.4, 0.5) is 4.79 Å². The van der Waals surface area contributed by atoms with Crippen molar-refractivity contribution in [3.63, 3.8) is 0 Å². The van der Waals surface area contributed by atoms with Crippen LogP contribution in [-0.2, 0) is 24.5 Å². The molecule has 0 radical (unpaired) electrons. The van der Waals surface area contributed by atoms with E-state index in [2.05, 4.69) is 10.3 Å². The first-order valence-corrected chi connectivity index (χ1v) is 7.99. The Hall–Kier alpha value is -1.53. The first-order valence-electron chi connectivity index (χ1n) is 6.99. The molecule has 3 rings (SSSR count). The second-order valence-corrected chi connectivity index (χ2v) is 6.24. The number of ether oxygens (including phenoxy) is 1. The van der Waals surface area contributed by atoms with Crippen LogP contribution in [0.1, 0.15) is 0 Å². The Balaban J connectivity index is 1.73. The normalized spacial score (nSPS) is 39.8. The summed E-state index contributed by atoms with van der Waals surface area (Å²) in [6.45, 7) is -0.326. The van der Waals surface area contributed by atoms with E-state index < -0.39 is 48.1 Å². The highest BCUT2D eigenvalue weighted by Crippen LogP contribution is 2.35. The third-order valence-electron chi connectivity index (χ3n) is 3.51. The van der Waals surface area contributed by atoms with Gasteiger partial charge in [0.15, 0.2) is 12.3 Å². The summed E-state index contributed by atoms with van der Waals surface area (Å²) in [5.74, 6) is 0. The molecule has 10 nitrogen and oxygen atoms in total. The van der Waals surface area contributed by atoms with Crippen molar-refractivity contribution < 1.29 is 27.2 Å². The lowest BCUT2D eigenvalue weighted by atomic mass is 10.1. The van der Waals surface area contributed by atoms with Crippen molar-refractivity contribution in [2.45, 2.75) is 30.7 Å². The topological polar surface area (TPSA) is 113 Å². The van der Waals surface area contributed by atoms with Crippen molar-refractivity contribution in [1.82, 2.24) is 15.1 Å². The molecule has 2 saturated heterocycles. The van der Waals surface area contributed by atoms with Gasteiger partial charge in [-0.25, -0.2) is 9.79 Å². The van der Waals surface area contributed by atoms with Gasteiger partial charge in [0, 0.05) is 20.3 Å². The number of rotatable bonds is 4. The molecule has 3 heterocycles. The van der Waals surface area contributed by atoms with Gasteiger partial charge in [0.05, 0.1) is 12.9 Å². The first kappa shape index (κ1) is 16.3. The van der Waals surface area contributed by atoms with E-state index in [1.165, 1.54) is 11.1 Å². The maximum Gasteiger partial charge on any atom is 0.325 e. The number of hydrogen-bond acceptors (Lipinski definition) is 7. The largest absolute Gasteiger partial charge is 0.394 e. The maximum absolute atomic E-state index is 12.3. The zero-order chi connectivity index (χ0) is 16.6. The minimum Gasteiger partial charge on any atom is -0.394 e. The highest BCUT2D eigenvalue weighted by molar-refractivity contribution is 7.75. The molecule has 0 spiro atoms. The van der Waals surface area contributed by atoms with E-state index >= 15 is 0 Å². The van der Waals surface area contributed by atoms with Crippen LogP contribution in [-0.4, -0.2) is 82.9 Å². The first-order chi connectivity index (χ1) is 11.0. The number of nitrogens with one attached hydrogen (secondary N) is 1. The van der Waals surface area contributed by atoms with Crippen LogP contribution in [0.25, 0.3) is 0 Å². The smallest absolute Gasteiger partial charge is 0.325 e. The predicted molar refractivity (Wildman–Crippen MR) is 79.1 cm³/mol. The quantitative estimate of drug-likeness (QED) is 0.471. The minimum atomic E-state index is -1.91. The molecule has 0 aromatic heterocycles. The summed E-state index contributed by atoms with van der Waals surface area (Å²) in [5, 5.41) is 12.0. The molecule has 0 saturated carbocycles. The third kappa shape index (κ3) is 3.23. The summed E-state index contributed by atoms with van der Waals surface area (Å²) in [5.41, 5.74) is 0. The standard InChI is InChI=1S/C12H18N4O6S/c1-15(2)6-13-8-3-4-16(12(18)14-8)11-10-9(7(5-17)20-11)21-23(19)22-10/h3-4,6-11,17H,5H2,1-2H3,(H,14,18)/b13-6-/t7-,8?,9-,10-,11-,23?/m1/s1. The number of aliphatic hydroxyl groups is 1. The number of fused-ring (bicyclic) bond motifs is 1. The number of carbonyl (C=O) groups is 1. The number of amides is 2. The fraction of sp³-hybridized carbons (Fsp3) is 0.667. The number of nitrogens with zero attached hydrogens (tertiary/aromatic N) is 3. The molecule has 0 aromatic rings. The average Bonchev–Trinajstić information content (AvgIpc) is 3.02. The van der Waals surface area contributed by atoms with Gasteiger partial charge in [0.2, 0.25) is 0 Å².